The van der Waals surface area contributed by atoms with Crippen molar-refractivity contribution in [1.82, 2.24) is 0 Å². The van der Waals surface area contributed by atoms with E-state index in [1.165, 1.54) is 0 Å². The number of halogens is 1. The monoisotopic (exact) mass is 678 g/mol. The van der Waals surface area contributed by atoms with Crippen LogP contribution in [-0.4, -0.2) is 0 Å². The Morgan fingerprint density at radius 1 is 0.542 bits per heavy atom. The van der Waals surface area contributed by atoms with E-state index in [4.69, 9.17) is 4.74 Å². The predicted molar refractivity (Wildman–Crippen MR) is 204 cm³/mol. The highest BCUT2D eigenvalue weighted by Crippen LogP contribution is 2.55. The van der Waals surface area contributed by atoms with Gasteiger partial charge in [-0.05, 0) is 57.3 Å². The van der Waals surface area contributed by atoms with Gasteiger partial charge in [-0.2, -0.15) is 0 Å². The second kappa shape index (κ2) is 12.9. The van der Waals surface area contributed by atoms with E-state index in [0.29, 0.717) is 0 Å². The Morgan fingerprint density at radius 2 is 1.06 bits per heavy atom. The largest absolute Gasteiger partial charge is 0.472 e. The number of fused-ring (bicyclic) bond motifs is 3. The molecule has 2 heteroatoms. The van der Waals surface area contributed by atoms with Crippen LogP contribution in [0, 0.1) is 0 Å². The zero-order valence-corrected chi connectivity index (χ0v) is 27.8. The molecule has 0 spiro atoms. The fourth-order valence-electron chi connectivity index (χ4n) is 6.65. The molecule has 0 atom stereocenters. The molecule has 1 heterocycles. The number of rotatable bonds is 6. The number of hydrogen-bond acceptors (Lipinski definition) is 1. The molecule has 0 bridgehead atoms. The molecule has 7 aromatic rings. The molecule has 0 aliphatic carbocycles. The van der Waals surface area contributed by atoms with Crippen LogP contribution in [0.25, 0.3) is 34.1 Å². The molecule has 0 unspecified atom stereocenters. The first-order valence-corrected chi connectivity index (χ1v) is 16.9. The lowest BCUT2D eigenvalue weighted by Crippen LogP contribution is -2.31. The molecule has 228 valence electrons. The summed E-state index contributed by atoms with van der Waals surface area (Å²) in [6.45, 7) is 0. The normalized spacial score (nSPS) is 13.2. The van der Waals surface area contributed by atoms with Crippen LogP contribution in [0.1, 0.15) is 38.9 Å². The van der Waals surface area contributed by atoms with Gasteiger partial charge < -0.3 is 4.74 Å². The smallest absolute Gasteiger partial charge is 0.192 e. The molecule has 0 aromatic heterocycles. The number of hydrogen-bond donors (Lipinski definition) is 0. The molecular weight excluding hydrogens is 648 g/mol. The summed E-state index contributed by atoms with van der Waals surface area (Å²) in [4.78, 5) is 0. The molecule has 0 N–H and O–H groups in total. The van der Waals surface area contributed by atoms with Crippen molar-refractivity contribution in [3.05, 3.63) is 225 Å². The first kappa shape index (κ1) is 29.7. The SMILES string of the molecule is Brc1ccc(/C=C/c2ccc3c4c(ccc3c2)OC(c2ccccc2)(c2ccccc2)C4=C=C(c2ccccc2)c2ccccc2)cc1. The first-order chi connectivity index (χ1) is 23.7. The quantitative estimate of drug-likeness (QED) is 0.126. The van der Waals surface area contributed by atoms with E-state index in [9.17, 15) is 0 Å². The molecule has 0 saturated heterocycles. The van der Waals surface area contributed by atoms with Gasteiger partial charge in [0, 0.05) is 26.7 Å². The van der Waals surface area contributed by atoms with Crippen molar-refractivity contribution >= 4 is 50.0 Å². The van der Waals surface area contributed by atoms with E-state index in [2.05, 4.69) is 210 Å². The Hall–Kier alpha value is -5.66. The van der Waals surface area contributed by atoms with Gasteiger partial charge in [0.05, 0.1) is 5.57 Å². The molecule has 0 radical (unpaired) electrons. The van der Waals surface area contributed by atoms with Crippen LogP contribution >= 0.6 is 15.9 Å². The van der Waals surface area contributed by atoms with Crippen molar-refractivity contribution in [3.8, 4) is 5.75 Å². The lowest BCUT2D eigenvalue weighted by atomic mass is 9.77. The van der Waals surface area contributed by atoms with Crippen molar-refractivity contribution in [2.24, 2.45) is 0 Å². The zero-order chi connectivity index (χ0) is 32.3. The van der Waals surface area contributed by atoms with Crippen LogP contribution < -0.4 is 4.74 Å². The summed E-state index contributed by atoms with van der Waals surface area (Å²) < 4.78 is 8.35. The summed E-state index contributed by atoms with van der Waals surface area (Å²) in [6.07, 6.45) is 4.32. The minimum atomic E-state index is -0.923. The Labute approximate surface area is 289 Å². The average Bonchev–Trinajstić information content (AvgIpc) is 3.50. The minimum absolute atomic E-state index is 0.844. The number of ether oxygens (including phenoxy) is 1. The minimum Gasteiger partial charge on any atom is -0.472 e. The predicted octanol–water partition coefficient (Wildman–Crippen LogP) is 12.2. The Bertz CT molecular complexity index is 2240. The Kier molecular flexibility index (Phi) is 7.96. The molecular formula is C46H31BrO. The van der Waals surface area contributed by atoms with Gasteiger partial charge in [0.2, 0.25) is 0 Å². The van der Waals surface area contributed by atoms with Gasteiger partial charge in [-0.3, -0.25) is 0 Å². The van der Waals surface area contributed by atoms with Crippen molar-refractivity contribution < 1.29 is 4.74 Å². The van der Waals surface area contributed by atoms with Gasteiger partial charge >= 0.3 is 0 Å². The van der Waals surface area contributed by atoms with Gasteiger partial charge in [-0.25, -0.2) is 0 Å². The lowest BCUT2D eigenvalue weighted by molar-refractivity contribution is 0.192. The second-order valence-corrected chi connectivity index (χ2v) is 12.8. The third kappa shape index (κ3) is 5.52. The van der Waals surface area contributed by atoms with Gasteiger partial charge in [0.15, 0.2) is 5.60 Å². The maximum atomic E-state index is 7.27. The second-order valence-electron chi connectivity index (χ2n) is 11.9. The molecule has 48 heavy (non-hydrogen) atoms. The molecule has 8 rings (SSSR count). The van der Waals surface area contributed by atoms with Crippen LogP contribution in [0.3, 0.4) is 0 Å². The summed E-state index contributed by atoms with van der Waals surface area (Å²) in [6, 6.07) is 61.6. The summed E-state index contributed by atoms with van der Waals surface area (Å²) >= 11 is 3.53. The van der Waals surface area contributed by atoms with Crippen molar-refractivity contribution in [3.63, 3.8) is 0 Å². The number of benzene rings is 7. The fourth-order valence-corrected chi connectivity index (χ4v) is 6.91. The van der Waals surface area contributed by atoms with Crippen LogP contribution in [0.5, 0.6) is 5.75 Å². The fraction of sp³-hybridized carbons (Fsp3) is 0.0217. The van der Waals surface area contributed by atoms with Crippen LogP contribution in [-0.2, 0) is 5.60 Å². The van der Waals surface area contributed by atoms with Gasteiger partial charge in [0.25, 0.3) is 0 Å². The summed E-state index contributed by atoms with van der Waals surface area (Å²) in [7, 11) is 0. The highest BCUT2D eigenvalue weighted by atomic mass is 79.9. The topological polar surface area (TPSA) is 9.23 Å². The van der Waals surface area contributed by atoms with Crippen molar-refractivity contribution in [2.45, 2.75) is 5.60 Å². The maximum absolute atomic E-state index is 7.27. The maximum Gasteiger partial charge on any atom is 0.192 e. The molecule has 0 amide bonds. The van der Waals surface area contributed by atoms with E-state index >= 15 is 0 Å². The average molecular weight is 680 g/mol. The molecule has 1 aliphatic rings. The standard InChI is InChI=1S/C46H31BrO/c47-40-27-23-33(24-28-40)21-22-34-25-29-41-37(31-34)26-30-44-45(41)43(32-42(35-13-5-1-6-14-35)36-15-7-2-8-16-36)46(48-44,38-17-9-3-10-18-38)39-19-11-4-12-20-39/h1-31H/b22-21+. The van der Waals surface area contributed by atoms with E-state index in [1.807, 2.05) is 0 Å². The van der Waals surface area contributed by atoms with Gasteiger partial charge in [-0.15, -0.1) is 5.73 Å². The van der Waals surface area contributed by atoms with Crippen LogP contribution in [0.2, 0.25) is 0 Å². The van der Waals surface area contributed by atoms with Crippen molar-refractivity contribution in [2.75, 3.05) is 0 Å². The van der Waals surface area contributed by atoms with Gasteiger partial charge in [-0.1, -0.05) is 180 Å². The zero-order valence-electron chi connectivity index (χ0n) is 26.2. The van der Waals surface area contributed by atoms with Crippen LogP contribution in [0.4, 0.5) is 0 Å². The molecule has 0 saturated carbocycles. The summed E-state index contributed by atoms with van der Waals surface area (Å²) in [5.41, 5.74) is 12.8. The summed E-state index contributed by atoms with van der Waals surface area (Å²) in [5.74, 6) is 0.844. The molecule has 0 fully saturated rings. The highest BCUT2D eigenvalue weighted by Gasteiger charge is 2.48. The van der Waals surface area contributed by atoms with E-state index < -0.39 is 5.60 Å². The van der Waals surface area contributed by atoms with Gasteiger partial charge in [0.1, 0.15) is 5.75 Å². The third-order valence-electron chi connectivity index (χ3n) is 8.94. The Balaban J connectivity index is 1.43. The lowest BCUT2D eigenvalue weighted by Gasteiger charge is -2.31. The van der Waals surface area contributed by atoms with E-state index in [1.54, 1.807) is 0 Å². The third-order valence-corrected chi connectivity index (χ3v) is 9.47. The van der Waals surface area contributed by atoms with Crippen molar-refractivity contribution in [1.29, 1.82) is 0 Å². The summed E-state index contributed by atoms with van der Waals surface area (Å²) in [5, 5.41) is 2.28. The molecule has 1 aliphatic heterocycles. The first-order valence-electron chi connectivity index (χ1n) is 16.1. The van der Waals surface area contributed by atoms with E-state index in [-0.39, 0.29) is 0 Å². The highest BCUT2D eigenvalue weighted by molar-refractivity contribution is 9.10. The van der Waals surface area contributed by atoms with Crippen LogP contribution in [0.15, 0.2) is 186 Å². The van der Waals surface area contributed by atoms with E-state index in [0.717, 1.165) is 71.1 Å². The molecule has 7 aromatic carbocycles. The molecule has 1 nitrogen and oxygen atoms in total. The Morgan fingerprint density at radius 3 is 1.65 bits per heavy atom.